The van der Waals surface area contributed by atoms with E-state index in [1.54, 1.807) is 6.07 Å². The Morgan fingerprint density at radius 2 is 2.24 bits per heavy atom. The van der Waals surface area contributed by atoms with Crippen LogP contribution in [0.5, 0.6) is 0 Å². The van der Waals surface area contributed by atoms with Gasteiger partial charge in [0.2, 0.25) is 5.91 Å². The number of rotatable bonds is 3. The van der Waals surface area contributed by atoms with Crippen LogP contribution in [0.1, 0.15) is 6.42 Å². The zero-order valence-electron chi connectivity index (χ0n) is 11.7. The maximum atomic E-state index is 12.2. The van der Waals surface area contributed by atoms with Crippen LogP contribution in [0, 0.1) is 11.8 Å². The Hall–Kier alpha value is -0.620. The maximum Gasteiger partial charge on any atom is 0.238 e. The molecule has 0 radical (unpaired) electrons. The minimum Gasteiger partial charge on any atom is -0.324 e. The van der Waals surface area contributed by atoms with Crippen LogP contribution < -0.4 is 10.6 Å². The van der Waals surface area contributed by atoms with Gasteiger partial charge in [0, 0.05) is 11.0 Å². The highest BCUT2D eigenvalue weighted by Gasteiger charge is 2.33. The molecule has 4 nitrogen and oxygen atoms in total. The fourth-order valence-electron chi connectivity index (χ4n) is 3.24. The second-order valence-electron chi connectivity index (χ2n) is 5.87. The lowest BCUT2D eigenvalue weighted by Gasteiger charge is -2.33. The highest BCUT2D eigenvalue weighted by molar-refractivity contribution is 9.10. The van der Waals surface area contributed by atoms with Crippen LogP contribution in [-0.2, 0) is 4.79 Å². The lowest BCUT2D eigenvalue weighted by Crippen LogP contribution is -2.43. The second-order valence-corrected chi connectivity index (χ2v) is 7.20. The first kappa shape index (κ1) is 15.3. The Kier molecular flexibility index (Phi) is 4.84. The normalized spacial score (nSPS) is 25.6. The van der Waals surface area contributed by atoms with Gasteiger partial charge in [-0.15, -0.1) is 0 Å². The first-order chi connectivity index (χ1) is 10.1. The number of amides is 1. The third-order valence-electron chi connectivity index (χ3n) is 4.36. The predicted octanol–water partition coefficient (Wildman–Crippen LogP) is 2.58. The summed E-state index contributed by atoms with van der Waals surface area (Å²) < 4.78 is 0.904. The van der Waals surface area contributed by atoms with Crippen molar-refractivity contribution >= 4 is 39.1 Å². The summed E-state index contributed by atoms with van der Waals surface area (Å²) in [5, 5.41) is 6.89. The van der Waals surface area contributed by atoms with E-state index in [0.29, 0.717) is 23.2 Å². The number of likely N-dealkylation sites (tertiary alicyclic amines) is 1. The lowest BCUT2D eigenvalue weighted by molar-refractivity contribution is -0.117. The van der Waals surface area contributed by atoms with E-state index in [4.69, 9.17) is 11.6 Å². The molecule has 1 aromatic carbocycles. The van der Waals surface area contributed by atoms with Crippen LogP contribution in [0.2, 0.25) is 5.02 Å². The molecule has 21 heavy (non-hydrogen) atoms. The van der Waals surface area contributed by atoms with Crippen molar-refractivity contribution < 1.29 is 4.79 Å². The molecule has 0 bridgehead atoms. The molecule has 0 aromatic heterocycles. The summed E-state index contributed by atoms with van der Waals surface area (Å²) in [6.45, 7) is 4.68. The van der Waals surface area contributed by atoms with Crippen molar-refractivity contribution in [3.63, 3.8) is 0 Å². The number of anilines is 1. The van der Waals surface area contributed by atoms with Crippen LogP contribution in [0.15, 0.2) is 22.7 Å². The summed E-state index contributed by atoms with van der Waals surface area (Å²) in [6, 6.07) is 5.47. The van der Waals surface area contributed by atoms with Crippen molar-refractivity contribution in [3.8, 4) is 0 Å². The minimum atomic E-state index is 0.00336. The average molecular weight is 373 g/mol. The highest BCUT2D eigenvalue weighted by Crippen LogP contribution is 2.27. The van der Waals surface area contributed by atoms with Crippen LogP contribution in [0.25, 0.3) is 0 Å². The molecule has 2 atom stereocenters. The summed E-state index contributed by atoms with van der Waals surface area (Å²) >= 11 is 9.48. The minimum absolute atomic E-state index is 0.00336. The fraction of sp³-hybridized carbons (Fsp3) is 0.533. The number of carbonyl (C=O) groups is 1. The maximum absolute atomic E-state index is 12.2. The van der Waals surface area contributed by atoms with Crippen LogP contribution in [0.3, 0.4) is 0 Å². The lowest BCUT2D eigenvalue weighted by atomic mass is 9.89. The Morgan fingerprint density at radius 1 is 1.43 bits per heavy atom. The van der Waals surface area contributed by atoms with E-state index >= 15 is 0 Å². The van der Waals surface area contributed by atoms with Crippen molar-refractivity contribution in [2.24, 2.45) is 11.8 Å². The average Bonchev–Trinajstić information content (AvgIpc) is 2.89. The Labute approximate surface area is 138 Å². The first-order valence-corrected chi connectivity index (χ1v) is 8.47. The van der Waals surface area contributed by atoms with Gasteiger partial charge in [-0.2, -0.15) is 0 Å². The van der Waals surface area contributed by atoms with Gasteiger partial charge in [-0.3, -0.25) is 9.69 Å². The van der Waals surface area contributed by atoms with Gasteiger partial charge in [0.1, 0.15) is 0 Å². The standard InChI is InChI=1S/C15H19BrClN3O/c16-12-1-2-14(13(17)5-12)19-15(21)9-20-4-3-10-6-18-7-11(10)8-20/h1-2,5,10-11,18H,3-4,6-9H2,(H,19,21). The monoisotopic (exact) mass is 371 g/mol. The molecule has 114 valence electrons. The van der Waals surface area contributed by atoms with Crippen molar-refractivity contribution in [1.82, 2.24) is 10.2 Å². The number of piperidine rings is 1. The second kappa shape index (κ2) is 6.65. The van der Waals surface area contributed by atoms with Gasteiger partial charge >= 0.3 is 0 Å². The molecule has 3 rings (SSSR count). The molecule has 0 spiro atoms. The first-order valence-electron chi connectivity index (χ1n) is 7.30. The quantitative estimate of drug-likeness (QED) is 0.857. The number of carbonyl (C=O) groups excluding carboxylic acids is 1. The highest BCUT2D eigenvalue weighted by atomic mass is 79.9. The van der Waals surface area contributed by atoms with Gasteiger partial charge in [0.25, 0.3) is 0 Å². The van der Waals surface area contributed by atoms with E-state index in [1.165, 1.54) is 6.42 Å². The van der Waals surface area contributed by atoms with E-state index in [-0.39, 0.29) is 5.91 Å². The van der Waals surface area contributed by atoms with Crippen molar-refractivity contribution in [3.05, 3.63) is 27.7 Å². The summed E-state index contributed by atoms with van der Waals surface area (Å²) in [4.78, 5) is 14.4. The largest absolute Gasteiger partial charge is 0.324 e. The van der Waals surface area contributed by atoms with Gasteiger partial charge in [-0.1, -0.05) is 27.5 Å². The van der Waals surface area contributed by atoms with E-state index in [0.717, 1.165) is 36.6 Å². The third-order valence-corrected chi connectivity index (χ3v) is 5.17. The third kappa shape index (κ3) is 3.77. The van der Waals surface area contributed by atoms with Crippen molar-refractivity contribution in [2.75, 3.05) is 38.0 Å². The number of halogens is 2. The van der Waals surface area contributed by atoms with Gasteiger partial charge in [0.05, 0.1) is 17.3 Å². The predicted molar refractivity (Wildman–Crippen MR) is 88.7 cm³/mol. The topological polar surface area (TPSA) is 44.4 Å². The molecule has 2 aliphatic heterocycles. The van der Waals surface area contributed by atoms with Gasteiger partial charge in [-0.25, -0.2) is 0 Å². The van der Waals surface area contributed by atoms with Gasteiger partial charge in [0.15, 0.2) is 0 Å². The summed E-state index contributed by atoms with van der Waals surface area (Å²) in [5.41, 5.74) is 0.669. The summed E-state index contributed by atoms with van der Waals surface area (Å²) in [6.07, 6.45) is 1.18. The van der Waals surface area contributed by atoms with Crippen LogP contribution in [-0.4, -0.2) is 43.5 Å². The smallest absolute Gasteiger partial charge is 0.238 e. The molecule has 2 saturated heterocycles. The molecule has 2 aliphatic rings. The number of benzene rings is 1. The molecular weight excluding hydrogens is 354 g/mol. The SMILES string of the molecule is O=C(CN1CCC2CNCC2C1)Nc1ccc(Br)cc1Cl. The van der Waals surface area contributed by atoms with Crippen molar-refractivity contribution in [1.29, 1.82) is 0 Å². The number of hydrogen-bond acceptors (Lipinski definition) is 3. The summed E-state index contributed by atoms with van der Waals surface area (Å²) in [5.74, 6) is 1.50. The molecule has 0 aliphatic carbocycles. The van der Waals surface area contributed by atoms with E-state index in [9.17, 15) is 4.79 Å². The van der Waals surface area contributed by atoms with E-state index in [2.05, 4.69) is 31.5 Å². The molecule has 2 heterocycles. The number of nitrogens with zero attached hydrogens (tertiary/aromatic N) is 1. The van der Waals surface area contributed by atoms with Gasteiger partial charge in [-0.05, 0) is 56.1 Å². The molecule has 1 amide bonds. The van der Waals surface area contributed by atoms with Gasteiger partial charge < -0.3 is 10.6 Å². The number of hydrogen-bond donors (Lipinski definition) is 2. The molecule has 1 aromatic rings. The molecule has 2 unspecified atom stereocenters. The number of nitrogens with one attached hydrogen (secondary N) is 2. The van der Waals surface area contributed by atoms with E-state index < -0.39 is 0 Å². The summed E-state index contributed by atoms with van der Waals surface area (Å²) in [7, 11) is 0. The molecule has 6 heteroatoms. The number of fused-ring (bicyclic) bond motifs is 1. The van der Waals surface area contributed by atoms with Crippen LogP contribution in [0.4, 0.5) is 5.69 Å². The zero-order chi connectivity index (χ0) is 14.8. The Morgan fingerprint density at radius 3 is 3.05 bits per heavy atom. The molecule has 2 N–H and O–H groups in total. The van der Waals surface area contributed by atoms with Crippen LogP contribution >= 0.6 is 27.5 Å². The molecule has 0 saturated carbocycles. The molecular formula is C15H19BrClN3O. The van der Waals surface area contributed by atoms with Crippen molar-refractivity contribution in [2.45, 2.75) is 6.42 Å². The molecule has 2 fully saturated rings. The zero-order valence-corrected chi connectivity index (χ0v) is 14.1. The Balaban J connectivity index is 1.54. The van der Waals surface area contributed by atoms with E-state index in [1.807, 2.05) is 12.1 Å². The fourth-order valence-corrected chi connectivity index (χ4v) is 3.96. The Bertz CT molecular complexity index is 540.